The minimum Gasteiger partial charge on any atom is -0.374 e. The number of hydrogen-bond acceptors (Lipinski definition) is 4. The first-order valence-corrected chi connectivity index (χ1v) is 8.94. The molecule has 134 valence electrons. The Morgan fingerprint density at radius 3 is 2.80 bits per heavy atom. The van der Waals surface area contributed by atoms with Gasteiger partial charge in [-0.3, -0.25) is 4.79 Å². The van der Waals surface area contributed by atoms with Crippen LogP contribution in [0, 0.1) is 0 Å². The summed E-state index contributed by atoms with van der Waals surface area (Å²) >= 11 is 7.47. The second kappa shape index (κ2) is 6.97. The number of hydrogen-bond donors (Lipinski definition) is 0. The van der Waals surface area contributed by atoms with Gasteiger partial charge >= 0.3 is 0 Å². The number of pyridine rings is 1. The van der Waals surface area contributed by atoms with Crippen LogP contribution >= 0.6 is 22.9 Å². The van der Waals surface area contributed by atoms with E-state index >= 15 is 0 Å². The van der Waals surface area contributed by atoms with Gasteiger partial charge in [-0.05, 0) is 37.6 Å². The van der Waals surface area contributed by atoms with Crippen molar-refractivity contribution in [1.29, 1.82) is 0 Å². The Balaban J connectivity index is 1.80. The summed E-state index contributed by atoms with van der Waals surface area (Å²) in [6.07, 6.45) is -0.874. The number of carbonyl (C=O) groups is 1. The monoisotopic (exact) mass is 386 g/mol. The smallest absolute Gasteiger partial charge is 0.261 e. The number of thiophene rings is 1. The van der Waals surface area contributed by atoms with Crippen molar-refractivity contribution in [3.63, 3.8) is 0 Å². The lowest BCUT2D eigenvalue weighted by Gasteiger charge is -2.32. The quantitative estimate of drug-likeness (QED) is 0.544. The average molecular weight is 387 g/mol. The van der Waals surface area contributed by atoms with E-state index in [4.69, 9.17) is 16.3 Å². The van der Waals surface area contributed by atoms with Crippen LogP contribution in [0.4, 0.5) is 8.78 Å². The van der Waals surface area contributed by atoms with Crippen LogP contribution in [0.3, 0.4) is 0 Å². The van der Waals surface area contributed by atoms with Gasteiger partial charge < -0.3 is 9.64 Å². The maximum Gasteiger partial charge on any atom is 0.261 e. The summed E-state index contributed by atoms with van der Waals surface area (Å²) in [5, 5.41) is 0.398. The second-order valence-electron chi connectivity index (χ2n) is 6.20. The molecule has 3 heterocycles. The van der Waals surface area contributed by atoms with Crippen molar-refractivity contribution in [2.45, 2.75) is 25.8 Å². The van der Waals surface area contributed by atoms with Gasteiger partial charge in [0.2, 0.25) is 0 Å². The third kappa shape index (κ3) is 3.54. The van der Waals surface area contributed by atoms with E-state index in [1.165, 1.54) is 11.3 Å². The van der Waals surface area contributed by atoms with Crippen molar-refractivity contribution in [3.05, 3.63) is 40.0 Å². The van der Waals surface area contributed by atoms with Crippen LogP contribution in [0.1, 0.15) is 29.1 Å². The van der Waals surface area contributed by atoms with Crippen LogP contribution in [0.5, 0.6) is 0 Å². The molecule has 0 fully saturated rings. The summed E-state index contributed by atoms with van der Waals surface area (Å²) in [6.45, 7) is 3.64. The van der Waals surface area contributed by atoms with Crippen molar-refractivity contribution in [1.82, 2.24) is 9.88 Å². The van der Waals surface area contributed by atoms with Crippen molar-refractivity contribution in [2.24, 2.45) is 0 Å². The van der Waals surface area contributed by atoms with Crippen LogP contribution < -0.4 is 0 Å². The predicted molar refractivity (Wildman–Crippen MR) is 93.4 cm³/mol. The fraction of sp³-hybridized carbons (Fsp3) is 0.412. The van der Waals surface area contributed by atoms with E-state index in [0.717, 1.165) is 15.3 Å². The lowest BCUT2D eigenvalue weighted by atomic mass is 10.0. The molecular formula is C17H17ClF2N2O2S. The van der Waals surface area contributed by atoms with Crippen LogP contribution in [-0.2, 0) is 10.3 Å². The van der Waals surface area contributed by atoms with E-state index in [9.17, 15) is 13.6 Å². The van der Waals surface area contributed by atoms with E-state index in [2.05, 4.69) is 4.98 Å². The Morgan fingerprint density at radius 1 is 1.40 bits per heavy atom. The van der Waals surface area contributed by atoms with E-state index in [0.29, 0.717) is 10.7 Å². The molecule has 0 N–H and O–H groups in total. The van der Waals surface area contributed by atoms with Gasteiger partial charge in [-0.1, -0.05) is 11.6 Å². The summed E-state index contributed by atoms with van der Waals surface area (Å²) in [4.78, 5) is 20.3. The molecule has 0 aliphatic carbocycles. The SMILES string of the molecule is CC1(C)c2sc(-c3ccnc(Cl)c3)cc2C(=O)N1CCOCC(F)F. The molecule has 1 aliphatic heterocycles. The Hall–Kier alpha value is -1.57. The highest BCUT2D eigenvalue weighted by atomic mass is 35.5. The van der Waals surface area contributed by atoms with E-state index in [1.807, 2.05) is 26.0 Å². The molecule has 1 amide bonds. The Kier molecular flexibility index (Phi) is 5.09. The molecule has 0 radical (unpaired) electrons. The average Bonchev–Trinajstić information content (AvgIpc) is 3.05. The highest BCUT2D eigenvalue weighted by Crippen LogP contribution is 2.46. The van der Waals surface area contributed by atoms with Crippen molar-refractivity contribution < 1.29 is 18.3 Å². The van der Waals surface area contributed by atoms with Gasteiger partial charge in [0, 0.05) is 22.5 Å². The number of fused-ring (bicyclic) bond motifs is 1. The minimum absolute atomic E-state index is 0.0846. The summed E-state index contributed by atoms with van der Waals surface area (Å²) < 4.78 is 29.2. The van der Waals surface area contributed by atoms with Crippen LogP contribution in [0.25, 0.3) is 10.4 Å². The van der Waals surface area contributed by atoms with Gasteiger partial charge in [0.1, 0.15) is 11.8 Å². The lowest BCUT2D eigenvalue weighted by Crippen LogP contribution is -2.41. The van der Waals surface area contributed by atoms with E-state index < -0.39 is 18.6 Å². The first-order chi connectivity index (χ1) is 11.8. The standard InChI is InChI=1S/C17H17ClF2N2O2S/c1-17(2)15-11(16(23)22(17)5-6-24-9-14(19)20)8-12(25-15)10-3-4-21-13(18)7-10/h3-4,7-8,14H,5-6,9H2,1-2H3. The molecule has 25 heavy (non-hydrogen) atoms. The van der Waals surface area contributed by atoms with Crippen LogP contribution in [-0.4, -0.2) is 42.0 Å². The molecule has 0 bridgehead atoms. The molecule has 0 saturated heterocycles. The maximum absolute atomic E-state index is 12.7. The van der Waals surface area contributed by atoms with Gasteiger partial charge in [0.25, 0.3) is 12.3 Å². The molecule has 0 saturated carbocycles. The fourth-order valence-electron chi connectivity index (χ4n) is 2.93. The second-order valence-corrected chi connectivity index (χ2v) is 7.64. The maximum atomic E-state index is 12.7. The Labute approximate surface area is 153 Å². The topological polar surface area (TPSA) is 42.4 Å². The van der Waals surface area contributed by atoms with Gasteiger partial charge in [0.05, 0.1) is 17.7 Å². The van der Waals surface area contributed by atoms with Crippen molar-refractivity contribution in [3.8, 4) is 10.4 Å². The highest BCUT2D eigenvalue weighted by molar-refractivity contribution is 7.16. The van der Waals surface area contributed by atoms with Gasteiger partial charge in [-0.15, -0.1) is 11.3 Å². The van der Waals surface area contributed by atoms with E-state index in [1.54, 1.807) is 17.2 Å². The molecule has 2 aromatic heterocycles. The molecule has 8 heteroatoms. The Bertz CT molecular complexity index is 795. The number of carbonyl (C=O) groups excluding carboxylic acids is 1. The molecular weight excluding hydrogens is 370 g/mol. The zero-order valence-electron chi connectivity index (χ0n) is 13.8. The van der Waals surface area contributed by atoms with Crippen LogP contribution in [0.2, 0.25) is 5.15 Å². The predicted octanol–water partition coefficient (Wildman–Crippen LogP) is 4.44. The highest BCUT2D eigenvalue weighted by Gasteiger charge is 2.44. The Morgan fingerprint density at radius 2 is 2.16 bits per heavy atom. The summed E-state index contributed by atoms with van der Waals surface area (Å²) in [6, 6.07) is 5.46. The third-order valence-corrected chi connectivity index (χ3v) is 5.86. The zero-order valence-corrected chi connectivity index (χ0v) is 15.3. The number of rotatable bonds is 6. The molecule has 2 aromatic rings. The van der Waals surface area contributed by atoms with Crippen molar-refractivity contribution >= 4 is 28.8 Å². The minimum atomic E-state index is -2.50. The lowest BCUT2D eigenvalue weighted by molar-refractivity contribution is 0.00281. The molecule has 0 aromatic carbocycles. The normalized spacial score (nSPS) is 15.9. The number of alkyl halides is 2. The number of nitrogens with zero attached hydrogens (tertiary/aromatic N) is 2. The first-order valence-electron chi connectivity index (χ1n) is 7.75. The fourth-order valence-corrected chi connectivity index (χ4v) is 4.37. The summed E-state index contributed by atoms with van der Waals surface area (Å²) in [5.41, 5.74) is 1.04. The van der Waals surface area contributed by atoms with Crippen molar-refractivity contribution in [2.75, 3.05) is 19.8 Å². The zero-order chi connectivity index (χ0) is 18.2. The van der Waals surface area contributed by atoms with Crippen LogP contribution in [0.15, 0.2) is 24.4 Å². The molecule has 0 spiro atoms. The number of ether oxygens (including phenoxy) is 1. The van der Waals surface area contributed by atoms with Gasteiger partial charge in [-0.2, -0.15) is 0 Å². The third-order valence-electron chi connectivity index (χ3n) is 4.15. The summed E-state index contributed by atoms with van der Waals surface area (Å²) in [7, 11) is 0. The number of aromatic nitrogens is 1. The van der Waals surface area contributed by atoms with E-state index in [-0.39, 0.29) is 19.1 Å². The van der Waals surface area contributed by atoms with Gasteiger partial charge in [0.15, 0.2) is 0 Å². The first kappa shape index (κ1) is 18.2. The summed E-state index contributed by atoms with van der Waals surface area (Å²) in [5.74, 6) is -0.108. The van der Waals surface area contributed by atoms with Gasteiger partial charge in [-0.25, -0.2) is 13.8 Å². The largest absolute Gasteiger partial charge is 0.374 e. The molecule has 1 aliphatic rings. The molecule has 4 nitrogen and oxygen atoms in total. The molecule has 3 rings (SSSR count). The molecule has 0 atom stereocenters. The number of halogens is 3. The number of amides is 1. The molecule has 0 unspecified atom stereocenters.